The van der Waals surface area contributed by atoms with E-state index in [1.165, 1.54) is 0 Å². The molecule has 24 heavy (non-hydrogen) atoms. The number of ether oxygens (including phenoxy) is 2. The fourth-order valence-corrected chi connectivity index (χ4v) is 2.80. The number of hydrogen-bond acceptors (Lipinski definition) is 5. The van der Waals surface area contributed by atoms with Gasteiger partial charge in [-0.2, -0.15) is 0 Å². The molecule has 1 saturated heterocycles. The van der Waals surface area contributed by atoms with E-state index in [1.54, 1.807) is 25.3 Å². The molecule has 0 spiro atoms. The highest BCUT2D eigenvalue weighted by Gasteiger charge is 2.38. The number of carbonyl (C=O) groups is 2. The summed E-state index contributed by atoms with van der Waals surface area (Å²) in [7, 11) is 3.13. The maximum atomic E-state index is 12.7. The van der Waals surface area contributed by atoms with Crippen molar-refractivity contribution >= 4 is 11.8 Å². The number of rotatable bonds is 5. The van der Waals surface area contributed by atoms with Crippen LogP contribution in [0.25, 0.3) is 0 Å². The first-order valence-corrected chi connectivity index (χ1v) is 8.01. The minimum atomic E-state index is -0.819. The van der Waals surface area contributed by atoms with Crippen molar-refractivity contribution in [1.29, 1.82) is 0 Å². The number of aryl methyl sites for hydroxylation is 1. The van der Waals surface area contributed by atoms with Crippen LogP contribution in [-0.4, -0.2) is 67.8 Å². The highest BCUT2D eigenvalue weighted by Crippen LogP contribution is 2.21. The molecule has 1 aliphatic heterocycles. The van der Waals surface area contributed by atoms with E-state index in [2.05, 4.69) is 10.3 Å². The van der Waals surface area contributed by atoms with Gasteiger partial charge in [0.2, 0.25) is 11.8 Å². The van der Waals surface area contributed by atoms with E-state index >= 15 is 0 Å². The molecule has 7 nitrogen and oxygen atoms in total. The van der Waals surface area contributed by atoms with E-state index in [-0.39, 0.29) is 24.8 Å². The van der Waals surface area contributed by atoms with Gasteiger partial charge >= 0.3 is 0 Å². The summed E-state index contributed by atoms with van der Waals surface area (Å²) in [5.74, 6) is -0.149. The molecule has 0 radical (unpaired) electrons. The van der Waals surface area contributed by atoms with Gasteiger partial charge in [-0.1, -0.05) is 0 Å². The highest BCUT2D eigenvalue weighted by molar-refractivity contribution is 5.79. The zero-order valence-electron chi connectivity index (χ0n) is 14.5. The zero-order chi connectivity index (χ0) is 17.6. The summed E-state index contributed by atoms with van der Waals surface area (Å²) < 4.78 is 11.2. The predicted molar refractivity (Wildman–Crippen MR) is 88.5 cm³/mol. The van der Waals surface area contributed by atoms with Crippen molar-refractivity contribution in [2.24, 2.45) is 0 Å². The van der Waals surface area contributed by atoms with E-state index in [0.29, 0.717) is 26.1 Å². The number of methoxy groups -OCH3 is 1. The molecule has 2 heterocycles. The van der Waals surface area contributed by atoms with Crippen LogP contribution in [0.15, 0.2) is 18.3 Å². The molecule has 0 unspecified atom stereocenters. The van der Waals surface area contributed by atoms with Gasteiger partial charge in [0.1, 0.15) is 5.60 Å². The highest BCUT2D eigenvalue weighted by atomic mass is 16.5. The fourth-order valence-electron chi connectivity index (χ4n) is 2.80. The van der Waals surface area contributed by atoms with Crippen molar-refractivity contribution < 1.29 is 19.1 Å². The Balaban J connectivity index is 2.10. The average molecular weight is 335 g/mol. The molecule has 0 aliphatic carbocycles. The van der Waals surface area contributed by atoms with Crippen LogP contribution in [0.2, 0.25) is 0 Å². The van der Waals surface area contributed by atoms with Crippen LogP contribution < -0.4 is 5.32 Å². The molecule has 2 amide bonds. The molecule has 1 aromatic rings. The molecule has 0 aromatic carbocycles. The molecule has 1 N–H and O–H groups in total. The monoisotopic (exact) mass is 335 g/mol. The van der Waals surface area contributed by atoms with Gasteiger partial charge in [-0.15, -0.1) is 0 Å². The van der Waals surface area contributed by atoms with Gasteiger partial charge in [0.25, 0.3) is 0 Å². The predicted octanol–water partition coefficient (Wildman–Crippen LogP) is 0.313. The van der Waals surface area contributed by atoms with Gasteiger partial charge in [-0.25, -0.2) is 0 Å². The van der Waals surface area contributed by atoms with E-state index in [1.807, 2.05) is 19.1 Å². The number of hydrogen-bond donors (Lipinski definition) is 1. The first-order chi connectivity index (χ1) is 11.5. The lowest BCUT2D eigenvalue weighted by molar-refractivity contribution is -0.139. The van der Waals surface area contributed by atoms with Gasteiger partial charge in [-0.3, -0.25) is 14.6 Å². The van der Waals surface area contributed by atoms with Gasteiger partial charge in [0, 0.05) is 32.6 Å². The standard InChI is InChI=1S/C17H25N3O4/c1-13-8-14(4-5-19-13)9-16(22)20-6-7-24-12-17(11-20,23-3)10-15(21)18-2/h4-5,8H,6-7,9-12H2,1-3H3,(H,18,21)/t17-/m0/s1. The third kappa shape index (κ3) is 4.75. The second kappa shape index (κ2) is 8.21. The van der Waals surface area contributed by atoms with Crippen LogP contribution in [0, 0.1) is 6.92 Å². The Hall–Kier alpha value is -1.99. The maximum Gasteiger partial charge on any atom is 0.227 e. The zero-order valence-corrected chi connectivity index (χ0v) is 14.5. The van der Waals surface area contributed by atoms with Gasteiger partial charge in [-0.05, 0) is 24.6 Å². The number of nitrogens with zero attached hydrogens (tertiary/aromatic N) is 2. The summed E-state index contributed by atoms with van der Waals surface area (Å²) in [6.07, 6.45) is 2.15. The molecule has 0 saturated carbocycles. The lowest BCUT2D eigenvalue weighted by atomic mass is 9.98. The number of nitrogens with one attached hydrogen (secondary N) is 1. The Labute approximate surface area is 142 Å². The second-order valence-electron chi connectivity index (χ2n) is 6.09. The molecule has 0 bridgehead atoms. The van der Waals surface area contributed by atoms with Crippen molar-refractivity contribution in [2.75, 3.05) is 40.5 Å². The summed E-state index contributed by atoms with van der Waals surface area (Å²) in [6, 6.07) is 3.74. The van der Waals surface area contributed by atoms with E-state index in [4.69, 9.17) is 9.47 Å². The quantitative estimate of drug-likeness (QED) is 0.838. The maximum absolute atomic E-state index is 12.7. The number of carbonyl (C=O) groups excluding carboxylic acids is 2. The van der Waals surface area contributed by atoms with Crippen LogP contribution in [-0.2, 0) is 25.5 Å². The van der Waals surface area contributed by atoms with Crippen molar-refractivity contribution in [1.82, 2.24) is 15.2 Å². The SMILES string of the molecule is CNC(=O)C[C@@]1(OC)COCCN(C(=O)Cc2ccnc(C)c2)C1. The molecular formula is C17H25N3O4. The number of amides is 2. The van der Waals surface area contributed by atoms with Crippen molar-refractivity contribution in [3.63, 3.8) is 0 Å². The summed E-state index contributed by atoms with van der Waals surface area (Å²) >= 11 is 0. The fraction of sp³-hybridized carbons (Fsp3) is 0.588. The Bertz CT molecular complexity index is 593. The van der Waals surface area contributed by atoms with Crippen LogP contribution in [0.1, 0.15) is 17.7 Å². The Morgan fingerprint density at radius 3 is 2.96 bits per heavy atom. The molecule has 1 atom stereocenters. The summed E-state index contributed by atoms with van der Waals surface area (Å²) in [6.45, 7) is 3.43. The minimum absolute atomic E-state index is 0.00979. The van der Waals surface area contributed by atoms with E-state index in [9.17, 15) is 9.59 Å². The Morgan fingerprint density at radius 2 is 2.29 bits per heavy atom. The Morgan fingerprint density at radius 1 is 1.50 bits per heavy atom. The topological polar surface area (TPSA) is 80.8 Å². The molecule has 2 rings (SSSR count). The van der Waals surface area contributed by atoms with Gasteiger partial charge in [0.15, 0.2) is 0 Å². The molecule has 1 fully saturated rings. The normalized spacial score (nSPS) is 21.2. The molecule has 1 aromatic heterocycles. The smallest absolute Gasteiger partial charge is 0.227 e. The molecular weight excluding hydrogens is 310 g/mol. The summed E-state index contributed by atoms with van der Waals surface area (Å²) in [5.41, 5.74) is 0.984. The third-order valence-corrected chi connectivity index (χ3v) is 4.21. The van der Waals surface area contributed by atoms with Crippen LogP contribution >= 0.6 is 0 Å². The van der Waals surface area contributed by atoms with E-state index < -0.39 is 5.60 Å². The summed E-state index contributed by atoms with van der Waals surface area (Å²) in [4.78, 5) is 30.3. The lowest BCUT2D eigenvalue weighted by Gasteiger charge is -2.33. The van der Waals surface area contributed by atoms with Gasteiger partial charge < -0.3 is 19.7 Å². The van der Waals surface area contributed by atoms with Gasteiger partial charge in [0.05, 0.1) is 32.6 Å². The lowest BCUT2D eigenvalue weighted by Crippen LogP contribution is -2.50. The number of pyridine rings is 1. The van der Waals surface area contributed by atoms with Crippen LogP contribution in [0.5, 0.6) is 0 Å². The molecule has 132 valence electrons. The average Bonchev–Trinajstić information content (AvgIpc) is 2.78. The first-order valence-electron chi connectivity index (χ1n) is 8.01. The minimum Gasteiger partial charge on any atom is -0.377 e. The second-order valence-corrected chi connectivity index (χ2v) is 6.09. The Kier molecular flexibility index (Phi) is 6.28. The van der Waals surface area contributed by atoms with Crippen LogP contribution in [0.4, 0.5) is 0 Å². The number of aromatic nitrogens is 1. The van der Waals surface area contributed by atoms with Crippen molar-refractivity contribution in [3.8, 4) is 0 Å². The van der Waals surface area contributed by atoms with E-state index in [0.717, 1.165) is 11.3 Å². The molecule has 1 aliphatic rings. The van der Waals surface area contributed by atoms with Crippen molar-refractivity contribution in [2.45, 2.75) is 25.4 Å². The largest absolute Gasteiger partial charge is 0.377 e. The molecule has 7 heteroatoms. The third-order valence-electron chi connectivity index (χ3n) is 4.21. The first kappa shape index (κ1) is 18.4. The van der Waals surface area contributed by atoms with Crippen molar-refractivity contribution in [3.05, 3.63) is 29.6 Å². The van der Waals surface area contributed by atoms with Crippen LogP contribution in [0.3, 0.4) is 0 Å². The summed E-state index contributed by atoms with van der Waals surface area (Å²) in [5, 5.41) is 2.60.